The lowest BCUT2D eigenvalue weighted by atomic mass is 9.99. The number of hydrogen-bond donors (Lipinski definition) is 0. The first-order valence-corrected chi connectivity index (χ1v) is 16.3. The minimum Gasteiger partial charge on any atom is -0.309 e. The molecule has 0 unspecified atom stereocenters. The SMILES string of the molecule is c1ccc(-c2nc(-c3cccc(-n4c5ccccc5c5c6sc7ccccc7c6c6ccccc6c54)c3)nc3ccccc23)cc1. The fourth-order valence-electron chi connectivity index (χ4n) is 7.20. The molecule has 0 saturated heterocycles. The molecular formula is C42H25N3S. The summed E-state index contributed by atoms with van der Waals surface area (Å²) in [4.78, 5) is 10.3. The average molecular weight is 604 g/mol. The second-order valence-electron chi connectivity index (χ2n) is 11.8. The second-order valence-corrected chi connectivity index (χ2v) is 12.8. The molecule has 0 aliphatic rings. The lowest BCUT2D eigenvalue weighted by Crippen LogP contribution is -1.98. The molecule has 0 bridgehead atoms. The highest BCUT2D eigenvalue weighted by Crippen LogP contribution is 2.48. The van der Waals surface area contributed by atoms with Crippen LogP contribution in [0.25, 0.3) is 92.0 Å². The van der Waals surface area contributed by atoms with E-state index in [1.165, 1.54) is 52.8 Å². The van der Waals surface area contributed by atoms with Crippen LogP contribution >= 0.6 is 11.3 Å². The van der Waals surface area contributed by atoms with Gasteiger partial charge in [0.15, 0.2) is 5.82 Å². The Morgan fingerprint density at radius 3 is 2.02 bits per heavy atom. The van der Waals surface area contributed by atoms with Crippen molar-refractivity contribution < 1.29 is 0 Å². The van der Waals surface area contributed by atoms with E-state index in [2.05, 4.69) is 144 Å². The van der Waals surface area contributed by atoms with E-state index in [1.54, 1.807) is 0 Å². The molecule has 0 atom stereocenters. The van der Waals surface area contributed by atoms with Crippen molar-refractivity contribution in [1.29, 1.82) is 0 Å². The van der Waals surface area contributed by atoms with Crippen LogP contribution in [0, 0.1) is 0 Å². The van der Waals surface area contributed by atoms with E-state index >= 15 is 0 Å². The Bertz CT molecular complexity index is 2810. The summed E-state index contributed by atoms with van der Waals surface area (Å²) in [5.41, 5.74) is 7.46. The first kappa shape index (κ1) is 25.5. The van der Waals surface area contributed by atoms with E-state index in [1.807, 2.05) is 23.5 Å². The van der Waals surface area contributed by atoms with Gasteiger partial charge in [0.2, 0.25) is 0 Å². The van der Waals surface area contributed by atoms with Crippen LogP contribution in [-0.2, 0) is 0 Å². The van der Waals surface area contributed by atoms with Gasteiger partial charge < -0.3 is 4.57 Å². The van der Waals surface area contributed by atoms with Crippen molar-refractivity contribution in [2.24, 2.45) is 0 Å². The molecule has 10 rings (SSSR count). The van der Waals surface area contributed by atoms with Gasteiger partial charge in [0.05, 0.1) is 22.2 Å². The molecule has 0 saturated carbocycles. The number of thiophene rings is 1. The van der Waals surface area contributed by atoms with Crippen LogP contribution in [0.1, 0.15) is 0 Å². The molecule has 3 heterocycles. The van der Waals surface area contributed by atoms with Gasteiger partial charge in [-0.1, -0.05) is 121 Å². The van der Waals surface area contributed by atoms with Crippen LogP contribution < -0.4 is 0 Å². The van der Waals surface area contributed by atoms with Crippen LogP contribution in [0.4, 0.5) is 0 Å². The van der Waals surface area contributed by atoms with Crippen LogP contribution in [0.3, 0.4) is 0 Å². The fourth-order valence-corrected chi connectivity index (χ4v) is 8.47. The number of benzene rings is 7. The van der Waals surface area contributed by atoms with Crippen molar-refractivity contribution in [3.63, 3.8) is 0 Å². The topological polar surface area (TPSA) is 30.7 Å². The Hall–Kier alpha value is -5.84. The monoisotopic (exact) mass is 603 g/mol. The van der Waals surface area contributed by atoms with E-state index in [9.17, 15) is 0 Å². The third-order valence-corrected chi connectivity index (χ3v) is 10.4. The van der Waals surface area contributed by atoms with Gasteiger partial charge in [0.25, 0.3) is 0 Å². The number of rotatable bonds is 3. The van der Waals surface area contributed by atoms with E-state index in [0.717, 1.165) is 39.2 Å². The van der Waals surface area contributed by atoms with Gasteiger partial charge in [-0.2, -0.15) is 0 Å². The van der Waals surface area contributed by atoms with Crippen molar-refractivity contribution in [3.8, 4) is 28.3 Å². The van der Waals surface area contributed by atoms with Crippen molar-refractivity contribution in [2.75, 3.05) is 0 Å². The van der Waals surface area contributed by atoms with Gasteiger partial charge in [-0.15, -0.1) is 11.3 Å². The normalized spacial score (nSPS) is 11.9. The molecule has 0 radical (unpaired) electrons. The first-order chi connectivity index (χ1) is 22.8. The maximum absolute atomic E-state index is 5.18. The molecule has 7 aromatic carbocycles. The summed E-state index contributed by atoms with van der Waals surface area (Å²) in [7, 11) is 0. The maximum atomic E-state index is 5.18. The van der Waals surface area contributed by atoms with E-state index in [0.29, 0.717) is 0 Å². The molecule has 0 amide bonds. The molecule has 4 heteroatoms. The third kappa shape index (κ3) is 3.65. The summed E-state index contributed by atoms with van der Waals surface area (Å²) in [6, 6.07) is 53.9. The minimum absolute atomic E-state index is 0.719. The summed E-state index contributed by atoms with van der Waals surface area (Å²) in [5, 5.41) is 8.83. The predicted molar refractivity (Wildman–Crippen MR) is 195 cm³/mol. The highest BCUT2D eigenvalue weighted by Gasteiger charge is 2.22. The summed E-state index contributed by atoms with van der Waals surface area (Å²) in [6.07, 6.45) is 0. The van der Waals surface area contributed by atoms with Crippen molar-refractivity contribution in [3.05, 3.63) is 152 Å². The molecule has 0 fully saturated rings. The van der Waals surface area contributed by atoms with Gasteiger partial charge in [0, 0.05) is 58.5 Å². The Morgan fingerprint density at radius 2 is 1.15 bits per heavy atom. The van der Waals surface area contributed by atoms with E-state index < -0.39 is 0 Å². The van der Waals surface area contributed by atoms with Crippen LogP contribution in [0.2, 0.25) is 0 Å². The summed E-state index contributed by atoms with van der Waals surface area (Å²) in [6.45, 7) is 0. The van der Waals surface area contributed by atoms with E-state index in [-0.39, 0.29) is 0 Å². The summed E-state index contributed by atoms with van der Waals surface area (Å²) in [5.74, 6) is 0.719. The molecule has 0 aliphatic heterocycles. The fraction of sp³-hybridized carbons (Fsp3) is 0. The van der Waals surface area contributed by atoms with Gasteiger partial charge in [0.1, 0.15) is 0 Å². The standard InChI is InChI=1S/C42H25N3S/c1-2-13-26(14-3-1)39-31-19-6-9-22-34(31)43-42(44-39)27-15-12-16-28(25-27)45-35-23-10-7-20-32(35)38-40(45)30-18-5-4-17-29(30)37-33-21-8-11-24-36(33)46-41(37)38/h1-25H. The highest BCUT2D eigenvalue weighted by molar-refractivity contribution is 7.27. The van der Waals surface area contributed by atoms with Gasteiger partial charge >= 0.3 is 0 Å². The lowest BCUT2D eigenvalue weighted by molar-refractivity contribution is 1.17. The zero-order valence-corrected chi connectivity index (χ0v) is 25.5. The molecular weight excluding hydrogens is 579 g/mol. The van der Waals surface area contributed by atoms with E-state index in [4.69, 9.17) is 9.97 Å². The first-order valence-electron chi connectivity index (χ1n) is 15.5. The predicted octanol–water partition coefficient (Wildman–Crippen LogP) is 11.6. The molecule has 214 valence electrons. The Balaban J connectivity index is 1.29. The average Bonchev–Trinajstić information content (AvgIpc) is 3.69. The largest absolute Gasteiger partial charge is 0.309 e. The van der Waals surface area contributed by atoms with Gasteiger partial charge in [-0.05, 0) is 35.7 Å². The number of hydrogen-bond acceptors (Lipinski definition) is 3. The molecule has 10 aromatic rings. The summed E-state index contributed by atoms with van der Waals surface area (Å²) >= 11 is 1.90. The second kappa shape index (κ2) is 9.83. The molecule has 3 nitrogen and oxygen atoms in total. The van der Waals surface area contributed by atoms with Crippen molar-refractivity contribution in [2.45, 2.75) is 0 Å². The van der Waals surface area contributed by atoms with Gasteiger partial charge in [-0.3, -0.25) is 0 Å². The zero-order valence-electron chi connectivity index (χ0n) is 24.7. The Morgan fingerprint density at radius 1 is 0.478 bits per heavy atom. The number of aromatic nitrogens is 3. The zero-order chi connectivity index (χ0) is 30.2. The number of nitrogens with zero attached hydrogens (tertiary/aromatic N) is 3. The molecule has 46 heavy (non-hydrogen) atoms. The molecule has 0 aliphatic carbocycles. The summed E-state index contributed by atoms with van der Waals surface area (Å²) < 4.78 is 5.10. The van der Waals surface area contributed by atoms with Crippen LogP contribution in [0.15, 0.2) is 152 Å². The number of para-hydroxylation sites is 2. The van der Waals surface area contributed by atoms with Crippen molar-refractivity contribution >= 4 is 75.0 Å². The number of fused-ring (bicyclic) bond motifs is 11. The Kier molecular flexibility index (Phi) is 5.45. The smallest absolute Gasteiger partial charge is 0.160 e. The minimum atomic E-state index is 0.719. The Labute approximate surface area is 268 Å². The lowest BCUT2D eigenvalue weighted by Gasteiger charge is -2.13. The quantitative estimate of drug-likeness (QED) is 0.201. The van der Waals surface area contributed by atoms with Crippen LogP contribution in [-0.4, -0.2) is 14.5 Å². The maximum Gasteiger partial charge on any atom is 0.160 e. The molecule has 0 spiro atoms. The van der Waals surface area contributed by atoms with Gasteiger partial charge in [-0.25, -0.2) is 9.97 Å². The molecule has 0 N–H and O–H groups in total. The van der Waals surface area contributed by atoms with Crippen LogP contribution in [0.5, 0.6) is 0 Å². The highest BCUT2D eigenvalue weighted by atomic mass is 32.1. The van der Waals surface area contributed by atoms with Crippen molar-refractivity contribution in [1.82, 2.24) is 14.5 Å². The molecule has 3 aromatic heterocycles. The third-order valence-electron chi connectivity index (χ3n) is 9.16.